The van der Waals surface area contributed by atoms with Crippen LogP contribution in [0.5, 0.6) is 5.75 Å². The molecule has 1 aromatic rings. The van der Waals surface area contributed by atoms with Crippen LogP contribution < -0.4 is 10.5 Å². The Morgan fingerprint density at radius 3 is 2.57 bits per heavy atom. The molecule has 0 amide bonds. The molecular weight excluding hydrogens is 260 g/mol. The van der Waals surface area contributed by atoms with E-state index >= 15 is 0 Å². The molecule has 3 unspecified atom stereocenters. The minimum absolute atomic E-state index is 0.187. The van der Waals surface area contributed by atoms with E-state index in [4.69, 9.17) is 10.5 Å². The first-order valence-corrected chi connectivity index (χ1v) is 8.29. The highest BCUT2D eigenvalue weighted by Gasteiger charge is 2.27. The topological polar surface area (TPSA) is 38.5 Å². The SMILES string of the molecule is CCC(N)C(c1ccc(OC)cc1)N1CCCC(C)CC1. The predicted molar refractivity (Wildman–Crippen MR) is 88.6 cm³/mol. The van der Waals surface area contributed by atoms with E-state index < -0.39 is 0 Å². The van der Waals surface area contributed by atoms with E-state index in [1.54, 1.807) is 7.11 Å². The molecule has 0 aliphatic carbocycles. The van der Waals surface area contributed by atoms with Crippen LogP contribution in [-0.4, -0.2) is 31.1 Å². The lowest BCUT2D eigenvalue weighted by Gasteiger charge is -2.35. The monoisotopic (exact) mass is 290 g/mol. The summed E-state index contributed by atoms with van der Waals surface area (Å²) in [4.78, 5) is 2.60. The number of benzene rings is 1. The van der Waals surface area contributed by atoms with Crippen LogP contribution in [-0.2, 0) is 0 Å². The van der Waals surface area contributed by atoms with E-state index in [0.29, 0.717) is 6.04 Å². The maximum absolute atomic E-state index is 6.46. The maximum Gasteiger partial charge on any atom is 0.118 e. The molecule has 21 heavy (non-hydrogen) atoms. The number of nitrogens with zero attached hydrogens (tertiary/aromatic N) is 1. The molecule has 0 bridgehead atoms. The van der Waals surface area contributed by atoms with Crippen LogP contribution in [0.15, 0.2) is 24.3 Å². The predicted octanol–water partition coefficient (Wildman–Crippen LogP) is 3.60. The highest BCUT2D eigenvalue weighted by atomic mass is 16.5. The van der Waals surface area contributed by atoms with Crippen molar-refractivity contribution in [3.8, 4) is 5.75 Å². The van der Waals surface area contributed by atoms with Crippen LogP contribution in [0.2, 0.25) is 0 Å². The fraction of sp³-hybridized carbons (Fsp3) is 0.667. The average Bonchev–Trinajstić information content (AvgIpc) is 2.73. The van der Waals surface area contributed by atoms with E-state index in [2.05, 4.69) is 30.9 Å². The van der Waals surface area contributed by atoms with Crippen molar-refractivity contribution in [3.05, 3.63) is 29.8 Å². The molecule has 1 fully saturated rings. The Labute approximate surface area is 129 Å². The molecule has 0 spiro atoms. The molecule has 0 saturated carbocycles. The van der Waals surface area contributed by atoms with Crippen LogP contribution in [0.3, 0.4) is 0 Å². The Bertz CT molecular complexity index is 418. The second-order valence-corrected chi connectivity index (χ2v) is 6.36. The van der Waals surface area contributed by atoms with Crippen LogP contribution in [0.1, 0.15) is 51.1 Å². The van der Waals surface area contributed by atoms with Crippen LogP contribution in [0.4, 0.5) is 0 Å². The molecule has 0 aromatic heterocycles. The van der Waals surface area contributed by atoms with Crippen molar-refractivity contribution in [3.63, 3.8) is 0 Å². The molecule has 0 radical (unpaired) electrons. The number of methoxy groups -OCH3 is 1. The van der Waals surface area contributed by atoms with Gasteiger partial charge in [0.1, 0.15) is 5.75 Å². The summed E-state index contributed by atoms with van der Waals surface area (Å²) in [5.74, 6) is 1.75. The van der Waals surface area contributed by atoms with E-state index in [-0.39, 0.29) is 6.04 Å². The van der Waals surface area contributed by atoms with Gasteiger partial charge in [0.15, 0.2) is 0 Å². The summed E-state index contributed by atoms with van der Waals surface area (Å²) in [6.45, 7) is 6.87. The number of hydrogen-bond donors (Lipinski definition) is 1. The highest BCUT2D eigenvalue weighted by Crippen LogP contribution is 2.30. The molecule has 3 nitrogen and oxygen atoms in total. The third-order valence-electron chi connectivity index (χ3n) is 4.78. The van der Waals surface area contributed by atoms with Crippen LogP contribution in [0.25, 0.3) is 0 Å². The Morgan fingerprint density at radius 1 is 1.24 bits per heavy atom. The van der Waals surface area contributed by atoms with Gasteiger partial charge >= 0.3 is 0 Å². The number of rotatable bonds is 5. The summed E-state index contributed by atoms with van der Waals surface area (Å²) in [5, 5.41) is 0. The van der Waals surface area contributed by atoms with Gasteiger partial charge in [-0.05, 0) is 62.4 Å². The zero-order valence-corrected chi connectivity index (χ0v) is 13.7. The van der Waals surface area contributed by atoms with Crippen molar-refractivity contribution < 1.29 is 4.74 Å². The second-order valence-electron chi connectivity index (χ2n) is 6.36. The smallest absolute Gasteiger partial charge is 0.118 e. The molecule has 3 atom stereocenters. The molecule has 2 N–H and O–H groups in total. The standard InChI is InChI=1S/C18H30N2O/c1-4-17(19)18(15-7-9-16(21-3)10-8-15)20-12-5-6-14(2)11-13-20/h7-10,14,17-18H,4-6,11-13,19H2,1-3H3. The third kappa shape index (κ3) is 4.21. The molecular formula is C18H30N2O. The van der Waals surface area contributed by atoms with E-state index in [9.17, 15) is 0 Å². The lowest BCUT2D eigenvalue weighted by atomic mass is 9.96. The van der Waals surface area contributed by atoms with Gasteiger partial charge in [-0.1, -0.05) is 26.0 Å². The zero-order chi connectivity index (χ0) is 15.2. The van der Waals surface area contributed by atoms with Crippen molar-refractivity contribution in [1.29, 1.82) is 0 Å². The van der Waals surface area contributed by atoms with Gasteiger partial charge in [-0.3, -0.25) is 4.90 Å². The Hall–Kier alpha value is -1.06. The van der Waals surface area contributed by atoms with Crippen molar-refractivity contribution in [1.82, 2.24) is 4.90 Å². The number of nitrogens with two attached hydrogens (primary N) is 1. The molecule has 1 aliphatic rings. The Morgan fingerprint density at radius 2 is 1.95 bits per heavy atom. The summed E-state index contributed by atoms with van der Waals surface area (Å²) in [6, 6.07) is 8.95. The summed E-state index contributed by atoms with van der Waals surface area (Å²) < 4.78 is 5.27. The van der Waals surface area contributed by atoms with E-state index in [1.165, 1.54) is 24.8 Å². The largest absolute Gasteiger partial charge is 0.497 e. The minimum atomic E-state index is 0.187. The molecule has 1 saturated heterocycles. The van der Waals surface area contributed by atoms with Gasteiger partial charge in [-0.25, -0.2) is 0 Å². The van der Waals surface area contributed by atoms with Crippen LogP contribution in [0, 0.1) is 5.92 Å². The summed E-state index contributed by atoms with van der Waals surface area (Å²) >= 11 is 0. The fourth-order valence-corrected chi connectivity index (χ4v) is 3.32. The first kappa shape index (κ1) is 16.3. The van der Waals surface area contributed by atoms with Crippen molar-refractivity contribution >= 4 is 0 Å². The van der Waals surface area contributed by atoms with E-state index in [1.807, 2.05) is 12.1 Å². The Balaban J connectivity index is 2.20. The van der Waals surface area contributed by atoms with Gasteiger partial charge in [0.05, 0.1) is 7.11 Å². The van der Waals surface area contributed by atoms with Crippen molar-refractivity contribution in [2.45, 2.75) is 51.6 Å². The van der Waals surface area contributed by atoms with Gasteiger partial charge in [0, 0.05) is 12.1 Å². The lowest BCUT2D eigenvalue weighted by molar-refractivity contribution is 0.174. The van der Waals surface area contributed by atoms with Gasteiger partial charge in [0.25, 0.3) is 0 Å². The summed E-state index contributed by atoms with van der Waals surface area (Å²) in [7, 11) is 1.71. The van der Waals surface area contributed by atoms with Gasteiger partial charge in [-0.15, -0.1) is 0 Å². The molecule has 1 heterocycles. The second kappa shape index (κ2) is 7.81. The lowest BCUT2D eigenvalue weighted by Crippen LogP contribution is -2.41. The molecule has 3 heteroatoms. The first-order valence-electron chi connectivity index (χ1n) is 8.29. The van der Waals surface area contributed by atoms with Crippen LogP contribution >= 0.6 is 0 Å². The zero-order valence-electron chi connectivity index (χ0n) is 13.7. The molecule has 118 valence electrons. The quantitative estimate of drug-likeness (QED) is 0.900. The fourth-order valence-electron chi connectivity index (χ4n) is 3.32. The Kier molecular flexibility index (Phi) is 6.07. The van der Waals surface area contributed by atoms with Crippen molar-refractivity contribution in [2.75, 3.05) is 20.2 Å². The molecule has 1 aliphatic heterocycles. The number of likely N-dealkylation sites (tertiary alicyclic amines) is 1. The molecule has 1 aromatic carbocycles. The third-order valence-corrected chi connectivity index (χ3v) is 4.78. The summed E-state index contributed by atoms with van der Waals surface area (Å²) in [5.41, 5.74) is 7.78. The maximum atomic E-state index is 6.46. The minimum Gasteiger partial charge on any atom is -0.497 e. The number of hydrogen-bond acceptors (Lipinski definition) is 3. The van der Waals surface area contributed by atoms with Gasteiger partial charge in [0.2, 0.25) is 0 Å². The summed E-state index contributed by atoms with van der Waals surface area (Å²) in [6.07, 6.45) is 4.91. The van der Waals surface area contributed by atoms with E-state index in [0.717, 1.165) is 31.2 Å². The molecule has 2 rings (SSSR count). The van der Waals surface area contributed by atoms with Gasteiger partial charge < -0.3 is 10.5 Å². The highest BCUT2D eigenvalue weighted by molar-refractivity contribution is 5.30. The first-order chi connectivity index (χ1) is 10.2. The normalized spacial score (nSPS) is 23.3. The van der Waals surface area contributed by atoms with Gasteiger partial charge in [-0.2, -0.15) is 0 Å². The van der Waals surface area contributed by atoms with Crippen molar-refractivity contribution in [2.24, 2.45) is 11.7 Å². The number of ether oxygens (including phenoxy) is 1. The average molecular weight is 290 g/mol.